The number of anilines is 1. The maximum absolute atomic E-state index is 14.4. The Morgan fingerprint density at radius 3 is 2.33 bits per heavy atom. The Bertz CT molecular complexity index is 979. The molecule has 144 valence electrons. The summed E-state index contributed by atoms with van der Waals surface area (Å²) in [6.45, 7) is 0.841. The van der Waals surface area contributed by atoms with Crippen LogP contribution in [0, 0.1) is 17.5 Å². The van der Waals surface area contributed by atoms with Crippen LogP contribution >= 0.6 is 22.6 Å². The zero-order valence-electron chi connectivity index (χ0n) is 13.5. The maximum atomic E-state index is 14.4. The highest BCUT2D eigenvalue weighted by Gasteiger charge is 2.37. The highest BCUT2D eigenvalue weighted by Crippen LogP contribution is 2.37. The molecule has 0 aliphatic carbocycles. The van der Waals surface area contributed by atoms with Crippen molar-refractivity contribution < 1.29 is 26.3 Å². The summed E-state index contributed by atoms with van der Waals surface area (Å²) < 4.78 is 82.3. The Kier molecular flexibility index (Phi) is 5.18. The van der Waals surface area contributed by atoms with Gasteiger partial charge in [-0.1, -0.05) is 22.6 Å². The Hall–Kier alpha value is -2.12. The van der Waals surface area contributed by atoms with E-state index in [0.717, 1.165) is 17.8 Å². The number of alkyl halides is 4. The predicted molar refractivity (Wildman–Crippen MR) is 93.0 cm³/mol. The molecule has 12 heteroatoms. The zero-order valence-corrected chi connectivity index (χ0v) is 15.6. The summed E-state index contributed by atoms with van der Waals surface area (Å²) in [4.78, 5) is 7.92. The van der Waals surface area contributed by atoms with Gasteiger partial charge in [0.1, 0.15) is 35.6 Å². The number of fused-ring (bicyclic) bond motifs is 1. The highest BCUT2D eigenvalue weighted by atomic mass is 127. The maximum Gasteiger partial charge on any atom is 0.408 e. The van der Waals surface area contributed by atoms with E-state index >= 15 is 0 Å². The minimum atomic E-state index is -4.64. The summed E-state index contributed by atoms with van der Waals surface area (Å²) >= 11 is 1.84. The summed E-state index contributed by atoms with van der Waals surface area (Å²) in [7, 11) is 0. The van der Waals surface area contributed by atoms with Gasteiger partial charge in [0.25, 0.3) is 5.78 Å². The van der Waals surface area contributed by atoms with E-state index in [1.165, 1.54) is 0 Å². The lowest BCUT2D eigenvalue weighted by molar-refractivity contribution is -0.138. The molecule has 0 unspecified atom stereocenters. The average molecular weight is 501 g/mol. The smallest absolute Gasteiger partial charge is 0.358 e. The van der Waals surface area contributed by atoms with Gasteiger partial charge < -0.3 is 5.32 Å². The van der Waals surface area contributed by atoms with E-state index < -0.39 is 35.2 Å². The molecule has 2 heterocycles. The first-order chi connectivity index (χ1) is 12.6. The minimum Gasteiger partial charge on any atom is -0.358 e. The first kappa shape index (κ1) is 19.6. The van der Waals surface area contributed by atoms with Gasteiger partial charge in [-0.3, -0.25) is 0 Å². The van der Waals surface area contributed by atoms with Crippen molar-refractivity contribution in [1.29, 1.82) is 0 Å². The fraction of sp³-hybridized carbons (Fsp3) is 0.267. The van der Waals surface area contributed by atoms with Gasteiger partial charge in [0, 0.05) is 16.6 Å². The topological polar surface area (TPSA) is 55.1 Å². The molecule has 0 fully saturated rings. The summed E-state index contributed by atoms with van der Waals surface area (Å²) in [6, 6.07) is -1.19. The summed E-state index contributed by atoms with van der Waals surface area (Å²) in [5.41, 5.74) is -0.921. The second-order valence-electron chi connectivity index (χ2n) is 5.54. The summed E-state index contributed by atoms with van der Waals surface area (Å²) in [5, 5.41) is 5.97. The van der Waals surface area contributed by atoms with Crippen LogP contribution in [0.5, 0.6) is 0 Å². The van der Waals surface area contributed by atoms with Crippen molar-refractivity contribution >= 4 is 34.2 Å². The Labute approximate surface area is 161 Å². The first-order valence-corrected chi connectivity index (χ1v) is 8.92. The van der Waals surface area contributed by atoms with Gasteiger partial charge in [-0.05, 0) is 6.92 Å². The Morgan fingerprint density at radius 1 is 1.15 bits per heavy atom. The van der Waals surface area contributed by atoms with Gasteiger partial charge in [0.2, 0.25) is 0 Å². The number of hydrogen-bond donors (Lipinski definition) is 1. The number of rotatable bonds is 4. The van der Waals surface area contributed by atoms with E-state index in [1.54, 1.807) is 0 Å². The SMILES string of the molecule is C[C@H](Nc1c(-c2c(F)cc(F)cc2F)c(CI)nc2ncnn12)C(F)(F)F. The molecule has 0 bridgehead atoms. The molecular weight excluding hydrogens is 491 g/mol. The van der Waals surface area contributed by atoms with Crippen LogP contribution in [0.4, 0.5) is 32.2 Å². The third kappa shape index (κ3) is 3.66. The van der Waals surface area contributed by atoms with Crippen LogP contribution in [0.15, 0.2) is 18.5 Å². The van der Waals surface area contributed by atoms with E-state index in [1.807, 2.05) is 22.6 Å². The van der Waals surface area contributed by atoms with Gasteiger partial charge in [-0.25, -0.2) is 18.2 Å². The lowest BCUT2D eigenvalue weighted by atomic mass is 10.0. The Morgan fingerprint density at radius 2 is 1.78 bits per heavy atom. The molecule has 3 aromatic rings. The van der Waals surface area contributed by atoms with Crippen LogP contribution < -0.4 is 5.32 Å². The van der Waals surface area contributed by atoms with Gasteiger partial charge in [0.15, 0.2) is 0 Å². The fourth-order valence-electron chi connectivity index (χ4n) is 2.45. The molecule has 1 N–H and O–H groups in total. The molecular formula is C15H10F6IN5. The van der Waals surface area contributed by atoms with Crippen LogP contribution in [0.2, 0.25) is 0 Å². The van der Waals surface area contributed by atoms with Gasteiger partial charge in [0.05, 0.1) is 16.8 Å². The third-order valence-electron chi connectivity index (χ3n) is 3.73. The number of benzene rings is 1. The van der Waals surface area contributed by atoms with Crippen molar-refractivity contribution in [1.82, 2.24) is 19.6 Å². The number of nitrogens with zero attached hydrogens (tertiary/aromatic N) is 4. The number of aromatic nitrogens is 4. The third-order valence-corrected chi connectivity index (χ3v) is 4.45. The van der Waals surface area contributed by atoms with Gasteiger partial charge in [-0.2, -0.15) is 27.8 Å². The average Bonchev–Trinajstić information content (AvgIpc) is 3.02. The molecule has 0 radical (unpaired) electrons. The largest absolute Gasteiger partial charge is 0.408 e. The molecule has 0 saturated heterocycles. The molecule has 0 amide bonds. The molecule has 27 heavy (non-hydrogen) atoms. The summed E-state index contributed by atoms with van der Waals surface area (Å²) in [6.07, 6.45) is -3.60. The number of halogens is 7. The van der Waals surface area contributed by atoms with E-state index in [-0.39, 0.29) is 27.3 Å². The number of nitrogens with one attached hydrogen (secondary N) is 1. The van der Waals surface area contributed by atoms with E-state index in [0.29, 0.717) is 12.1 Å². The second-order valence-corrected chi connectivity index (χ2v) is 6.30. The fourth-order valence-corrected chi connectivity index (χ4v) is 3.00. The molecule has 0 aliphatic rings. The standard InChI is InChI=1S/C15H10F6IN5/c1-6(15(19,20)21)25-13-12(11-8(17)2-7(16)3-9(11)18)10(4-22)26-14-23-5-24-27(13)14/h2-3,5-6,25H,4H2,1H3/t6-/m0/s1. The van der Waals surface area contributed by atoms with Crippen molar-refractivity contribution in [3.63, 3.8) is 0 Å². The monoisotopic (exact) mass is 501 g/mol. The Balaban J connectivity index is 2.35. The van der Waals surface area contributed by atoms with Gasteiger partial charge in [-0.15, -0.1) is 0 Å². The first-order valence-electron chi connectivity index (χ1n) is 7.40. The highest BCUT2D eigenvalue weighted by molar-refractivity contribution is 14.1. The second kappa shape index (κ2) is 7.13. The molecule has 3 rings (SSSR count). The van der Waals surface area contributed by atoms with Gasteiger partial charge >= 0.3 is 6.18 Å². The lowest BCUT2D eigenvalue weighted by Gasteiger charge is -2.22. The predicted octanol–water partition coefficient (Wildman–Crippen LogP) is 4.51. The molecule has 0 spiro atoms. The zero-order chi connectivity index (χ0) is 19.9. The molecule has 2 aromatic heterocycles. The van der Waals surface area contributed by atoms with Crippen molar-refractivity contribution in [2.75, 3.05) is 5.32 Å². The normalized spacial score (nSPS) is 13.2. The molecule has 1 aromatic carbocycles. The summed E-state index contributed by atoms with van der Waals surface area (Å²) in [5.74, 6) is -4.11. The van der Waals surface area contributed by atoms with Crippen molar-refractivity contribution in [3.05, 3.63) is 41.6 Å². The van der Waals surface area contributed by atoms with Crippen molar-refractivity contribution in [2.45, 2.75) is 23.6 Å². The van der Waals surface area contributed by atoms with Crippen LogP contribution in [-0.4, -0.2) is 31.8 Å². The van der Waals surface area contributed by atoms with Crippen molar-refractivity contribution in [3.8, 4) is 11.1 Å². The quantitative estimate of drug-likeness (QED) is 0.325. The molecule has 0 saturated carbocycles. The number of hydrogen-bond acceptors (Lipinski definition) is 4. The van der Waals surface area contributed by atoms with Crippen LogP contribution in [0.25, 0.3) is 16.9 Å². The molecule has 0 aliphatic heterocycles. The van der Waals surface area contributed by atoms with Crippen LogP contribution in [-0.2, 0) is 4.43 Å². The van der Waals surface area contributed by atoms with E-state index in [4.69, 9.17) is 0 Å². The van der Waals surface area contributed by atoms with E-state index in [9.17, 15) is 26.3 Å². The van der Waals surface area contributed by atoms with Crippen LogP contribution in [0.3, 0.4) is 0 Å². The van der Waals surface area contributed by atoms with Crippen LogP contribution in [0.1, 0.15) is 12.6 Å². The molecule has 1 atom stereocenters. The molecule has 5 nitrogen and oxygen atoms in total. The lowest BCUT2D eigenvalue weighted by Crippen LogP contribution is -2.34. The van der Waals surface area contributed by atoms with Crippen molar-refractivity contribution in [2.24, 2.45) is 0 Å². The minimum absolute atomic E-state index is 0.0507. The van der Waals surface area contributed by atoms with E-state index in [2.05, 4.69) is 20.4 Å².